The molecule has 3 aromatic rings. The molecule has 1 aliphatic heterocycles. The highest BCUT2D eigenvalue weighted by Gasteiger charge is 2.38. The van der Waals surface area contributed by atoms with Crippen LogP contribution in [0.25, 0.3) is 11.4 Å². The van der Waals surface area contributed by atoms with Crippen molar-refractivity contribution >= 4 is 5.91 Å². The van der Waals surface area contributed by atoms with E-state index in [1.54, 1.807) is 4.68 Å². The largest absolute Gasteiger partial charge is 0.391 e. The molecule has 3 heterocycles. The number of nitrogens with zero attached hydrogens (tertiary/aromatic N) is 4. The molecule has 1 aromatic carbocycles. The number of pyridine rings is 1. The molecular weight excluding hydrogens is 376 g/mol. The third kappa shape index (κ3) is 3.31. The molecule has 2 aromatic heterocycles. The zero-order valence-electron chi connectivity index (χ0n) is 17.4. The molecule has 0 radical (unpaired) electrons. The summed E-state index contributed by atoms with van der Waals surface area (Å²) in [7, 11) is 1.89. The third-order valence-electron chi connectivity index (χ3n) is 6.43. The molecule has 1 fully saturated rings. The molecule has 2 unspecified atom stereocenters. The lowest BCUT2D eigenvalue weighted by molar-refractivity contribution is 0.0479. The summed E-state index contributed by atoms with van der Waals surface area (Å²) >= 11 is 0. The predicted octanol–water partition coefficient (Wildman–Crippen LogP) is 3.25. The Morgan fingerprint density at radius 2 is 2.03 bits per heavy atom. The van der Waals surface area contributed by atoms with Crippen LogP contribution >= 0.6 is 0 Å². The van der Waals surface area contributed by atoms with Crippen molar-refractivity contribution in [1.82, 2.24) is 19.7 Å². The standard InChI is InChI=1S/C24H26N4O2/c1-15-10-18-14-28(22-4-3-5-23(22)29)24(30)19(18)12-17(15)11-16-6-7-20(25-13-16)21-8-9-27(2)26-21/h6-10,12-13,22-23,29H,3-5,11,14H2,1-2H3. The van der Waals surface area contributed by atoms with Gasteiger partial charge in [0.25, 0.3) is 5.91 Å². The number of amides is 1. The molecule has 154 valence electrons. The minimum atomic E-state index is -0.396. The second kappa shape index (κ2) is 7.36. The lowest BCUT2D eigenvalue weighted by atomic mass is 9.96. The lowest BCUT2D eigenvalue weighted by Gasteiger charge is -2.26. The third-order valence-corrected chi connectivity index (χ3v) is 6.43. The first kappa shape index (κ1) is 19.0. The maximum atomic E-state index is 13.0. The van der Waals surface area contributed by atoms with Crippen LogP contribution < -0.4 is 0 Å². The Morgan fingerprint density at radius 1 is 1.17 bits per heavy atom. The number of carbonyl (C=O) groups excluding carboxylic acids is 1. The number of carbonyl (C=O) groups is 1. The first-order valence-electron chi connectivity index (χ1n) is 10.6. The van der Waals surface area contributed by atoms with Gasteiger partial charge in [-0.2, -0.15) is 5.10 Å². The number of benzene rings is 1. The maximum absolute atomic E-state index is 13.0. The minimum Gasteiger partial charge on any atom is -0.391 e. The van der Waals surface area contributed by atoms with Gasteiger partial charge < -0.3 is 10.0 Å². The summed E-state index contributed by atoms with van der Waals surface area (Å²) in [5, 5.41) is 14.6. The van der Waals surface area contributed by atoms with Crippen molar-refractivity contribution in [3.63, 3.8) is 0 Å². The molecule has 6 heteroatoms. The molecule has 6 nitrogen and oxygen atoms in total. The summed E-state index contributed by atoms with van der Waals surface area (Å²) in [6, 6.07) is 10.2. The number of aliphatic hydroxyl groups excluding tert-OH is 1. The van der Waals surface area contributed by atoms with Crippen LogP contribution in [0, 0.1) is 6.92 Å². The number of aliphatic hydroxyl groups is 1. The summed E-state index contributed by atoms with van der Waals surface area (Å²) in [5.74, 6) is 0.0563. The Kier molecular flexibility index (Phi) is 4.66. The van der Waals surface area contributed by atoms with Gasteiger partial charge in [0.05, 0.1) is 17.8 Å². The second-order valence-corrected chi connectivity index (χ2v) is 8.54. The van der Waals surface area contributed by atoms with Gasteiger partial charge in [-0.3, -0.25) is 14.5 Å². The second-order valence-electron chi connectivity index (χ2n) is 8.54. The maximum Gasteiger partial charge on any atom is 0.254 e. The van der Waals surface area contributed by atoms with Gasteiger partial charge in [-0.05, 0) is 73.1 Å². The molecule has 5 rings (SSSR count). The number of hydrogen-bond acceptors (Lipinski definition) is 4. The average Bonchev–Trinajstić information content (AvgIpc) is 3.43. The van der Waals surface area contributed by atoms with Gasteiger partial charge in [-0.15, -0.1) is 0 Å². The van der Waals surface area contributed by atoms with E-state index in [-0.39, 0.29) is 11.9 Å². The van der Waals surface area contributed by atoms with Crippen LogP contribution in [0.1, 0.15) is 51.9 Å². The van der Waals surface area contributed by atoms with Crippen LogP contribution in [0.2, 0.25) is 0 Å². The molecule has 1 amide bonds. The molecule has 30 heavy (non-hydrogen) atoms. The van der Waals surface area contributed by atoms with E-state index in [0.717, 1.165) is 59.3 Å². The SMILES string of the molecule is Cc1cc2c(cc1Cc1ccc(-c3ccn(C)n3)nc1)C(=O)N(C1CCCC1O)C2. The summed E-state index contributed by atoms with van der Waals surface area (Å²) in [5.41, 5.74) is 7.00. The first-order valence-corrected chi connectivity index (χ1v) is 10.6. The fourth-order valence-electron chi connectivity index (χ4n) is 4.75. The van der Waals surface area contributed by atoms with Gasteiger partial charge in [0.2, 0.25) is 0 Å². The molecule has 1 N–H and O–H groups in total. The zero-order valence-corrected chi connectivity index (χ0v) is 17.4. The number of fused-ring (bicyclic) bond motifs is 1. The van der Waals surface area contributed by atoms with Crippen LogP contribution in [0.3, 0.4) is 0 Å². The smallest absolute Gasteiger partial charge is 0.254 e. The predicted molar refractivity (Wildman–Crippen MR) is 114 cm³/mol. The summed E-state index contributed by atoms with van der Waals surface area (Å²) in [6.45, 7) is 2.71. The fourth-order valence-corrected chi connectivity index (χ4v) is 4.75. The van der Waals surface area contributed by atoms with Crippen molar-refractivity contribution in [2.24, 2.45) is 7.05 Å². The zero-order chi connectivity index (χ0) is 20.8. The molecule has 0 bridgehead atoms. The first-order chi connectivity index (χ1) is 14.5. The van der Waals surface area contributed by atoms with E-state index >= 15 is 0 Å². The number of aromatic nitrogens is 3. The Labute approximate surface area is 176 Å². The normalized spacial score (nSPS) is 20.8. The van der Waals surface area contributed by atoms with E-state index in [2.05, 4.69) is 29.1 Å². The van der Waals surface area contributed by atoms with E-state index in [0.29, 0.717) is 6.54 Å². The molecule has 2 aliphatic rings. The van der Waals surface area contributed by atoms with Gasteiger partial charge in [0.15, 0.2) is 0 Å². The molecule has 0 saturated heterocycles. The number of rotatable bonds is 4. The van der Waals surface area contributed by atoms with Crippen molar-refractivity contribution in [3.05, 3.63) is 70.5 Å². The van der Waals surface area contributed by atoms with E-state index in [9.17, 15) is 9.90 Å². The van der Waals surface area contributed by atoms with Crippen molar-refractivity contribution in [1.29, 1.82) is 0 Å². The van der Waals surface area contributed by atoms with Crippen LogP contribution in [0.4, 0.5) is 0 Å². The van der Waals surface area contributed by atoms with Gasteiger partial charge in [-0.25, -0.2) is 0 Å². The summed E-state index contributed by atoms with van der Waals surface area (Å²) < 4.78 is 1.77. The monoisotopic (exact) mass is 402 g/mol. The summed E-state index contributed by atoms with van der Waals surface area (Å²) in [4.78, 5) is 19.5. The highest BCUT2D eigenvalue weighted by molar-refractivity contribution is 5.99. The number of aryl methyl sites for hydroxylation is 2. The molecular formula is C24H26N4O2. The minimum absolute atomic E-state index is 0.0444. The lowest BCUT2D eigenvalue weighted by Crippen LogP contribution is -2.40. The van der Waals surface area contributed by atoms with Crippen LogP contribution in [0.15, 0.2) is 42.7 Å². The van der Waals surface area contributed by atoms with Gasteiger partial charge in [0, 0.05) is 31.5 Å². The Bertz CT molecular complexity index is 1100. The Balaban J connectivity index is 1.37. The van der Waals surface area contributed by atoms with Crippen LogP contribution in [0.5, 0.6) is 0 Å². The molecule has 0 spiro atoms. The van der Waals surface area contributed by atoms with E-state index in [4.69, 9.17) is 0 Å². The molecule has 1 aliphatic carbocycles. The summed E-state index contributed by atoms with van der Waals surface area (Å²) in [6.07, 6.45) is 6.79. The molecule has 2 atom stereocenters. The van der Waals surface area contributed by atoms with E-state index < -0.39 is 6.10 Å². The Hall–Kier alpha value is -2.99. The van der Waals surface area contributed by atoms with Crippen molar-refractivity contribution < 1.29 is 9.90 Å². The average molecular weight is 402 g/mol. The quantitative estimate of drug-likeness (QED) is 0.727. The van der Waals surface area contributed by atoms with Crippen LogP contribution in [-0.2, 0) is 20.0 Å². The van der Waals surface area contributed by atoms with Gasteiger partial charge in [-0.1, -0.05) is 12.1 Å². The van der Waals surface area contributed by atoms with Gasteiger partial charge >= 0.3 is 0 Å². The van der Waals surface area contributed by atoms with Crippen molar-refractivity contribution in [3.8, 4) is 11.4 Å². The topological polar surface area (TPSA) is 71.2 Å². The van der Waals surface area contributed by atoms with E-state index in [1.807, 2.05) is 42.5 Å². The highest BCUT2D eigenvalue weighted by Crippen LogP contribution is 2.33. The van der Waals surface area contributed by atoms with Gasteiger partial charge in [0.1, 0.15) is 5.69 Å². The van der Waals surface area contributed by atoms with E-state index in [1.165, 1.54) is 5.56 Å². The van der Waals surface area contributed by atoms with Crippen LogP contribution in [-0.4, -0.2) is 42.8 Å². The van der Waals surface area contributed by atoms with Crippen molar-refractivity contribution in [2.45, 2.75) is 51.3 Å². The number of hydrogen-bond donors (Lipinski definition) is 1. The fraction of sp³-hybridized carbons (Fsp3) is 0.375. The highest BCUT2D eigenvalue weighted by atomic mass is 16.3. The van der Waals surface area contributed by atoms with Crippen molar-refractivity contribution in [2.75, 3.05) is 0 Å². The Morgan fingerprint density at radius 3 is 2.70 bits per heavy atom. The molecule has 1 saturated carbocycles.